The summed E-state index contributed by atoms with van der Waals surface area (Å²) >= 11 is 5.98. The zero-order valence-corrected chi connectivity index (χ0v) is 14.3. The second kappa shape index (κ2) is 6.13. The minimum atomic E-state index is -3.03. The lowest BCUT2D eigenvalue weighted by molar-refractivity contribution is 0.493. The van der Waals surface area contributed by atoms with Gasteiger partial charge in [0.2, 0.25) is 0 Å². The summed E-state index contributed by atoms with van der Waals surface area (Å²) in [5.41, 5.74) is 3.83. The number of nitrogens with one attached hydrogen (secondary N) is 1. The summed E-state index contributed by atoms with van der Waals surface area (Å²) in [7, 11) is -3.03. The van der Waals surface area contributed by atoms with Crippen molar-refractivity contribution in [3.8, 4) is 5.75 Å². The van der Waals surface area contributed by atoms with Crippen LogP contribution in [0.25, 0.3) is 0 Å². The summed E-state index contributed by atoms with van der Waals surface area (Å²) in [6.07, 6.45) is 0. The van der Waals surface area contributed by atoms with Gasteiger partial charge in [-0.2, -0.15) is 0 Å². The third-order valence-corrected chi connectivity index (χ3v) is 4.44. The van der Waals surface area contributed by atoms with Gasteiger partial charge in [-0.15, -0.1) is 0 Å². The fraction of sp³-hybridized carbons (Fsp3) is 0.250. The average Bonchev–Trinajstić information content (AvgIpc) is 2.31. The molecule has 0 radical (unpaired) electrons. The van der Waals surface area contributed by atoms with Gasteiger partial charge in [0.1, 0.15) is 5.75 Å². The van der Waals surface area contributed by atoms with Crippen molar-refractivity contribution in [3.63, 3.8) is 0 Å². The highest BCUT2D eigenvalue weighted by atomic mass is 35.5. The second-order valence-electron chi connectivity index (χ2n) is 5.33. The van der Waals surface area contributed by atoms with Crippen molar-refractivity contribution in [2.75, 3.05) is 11.8 Å². The van der Waals surface area contributed by atoms with Crippen LogP contribution < -0.4 is 9.61 Å². The molecule has 112 valence electrons. The molecule has 1 N–H and O–H groups in total. The van der Waals surface area contributed by atoms with Crippen LogP contribution >= 0.6 is 19.1 Å². The minimum Gasteiger partial charge on any atom is -0.429 e. The van der Waals surface area contributed by atoms with Crippen molar-refractivity contribution >= 4 is 24.8 Å². The molecule has 0 aromatic heterocycles. The molecule has 0 bridgehead atoms. The Morgan fingerprint density at radius 3 is 2.29 bits per heavy atom. The van der Waals surface area contributed by atoms with Gasteiger partial charge < -0.3 is 9.61 Å². The summed E-state index contributed by atoms with van der Waals surface area (Å²) in [5.74, 6) is 0.602. The van der Waals surface area contributed by atoms with Crippen LogP contribution in [0.1, 0.15) is 16.7 Å². The van der Waals surface area contributed by atoms with Crippen LogP contribution in [0, 0.1) is 20.8 Å². The van der Waals surface area contributed by atoms with E-state index in [0.29, 0.717) is 10.8 Å². The number of benzene rings is 2. The maximum Gasteiger partial charge on any atom is 0.338 e. The van der Waals surface area contributed by atoms with Gasteiger partial charge >= 0.3 is 7.52 Å². The number of hydrogen-bond donors (Lipinski definition) is 1. The van der Waals surface area contributed by atoms with E-state index in [-0.39, 0.29) is 0 Å². The van der Waals surface area contributed by atoms with E-state index in [9.17, 15) is 4.57 Å². The fourth-order valence-corrected chi connectivity index (χ4v) is 3.55. The Morgan fingerprint density at radius 2 is 1.67 bits per heavy atom. The van der Waals surface area contributed by atoms with Crippen molar-refractivity contribution in [2.24, 2.45) is 0 Å². The van der Waals surface area contributed by atoms with E-state index < -0.39 is 7.52 Å². The first-order valence-corrected chi connectivity index (χ1v) is 9.10. The van der Waals surface area contributed by atoms with E-state index in [0.717, 1.165) is 22.4 Å². The highest BCUT2D eigenvalue weighted by molar-refractivity contribution is 7.60. The second-order valence-corrected chi connectivity index (χ2v) is 7.87. The van der Waals surface area contributed by atoms with Crippen LogP contribution in [-0.4, -0.2) is 6.66 Å². The molecule has 2 aromatic rings. The maximum absolute atomic E-state index is 12.7. The van der Waals surface area contributed by atoms with Gasteiger partial charge in [0, 0.05) is 17.4 Å². The third kappa shape index (κ3) is 4.52. The van der Waals surface area contributed by atoms with E-state index in [2.05, 4.69) is 5.09 Å². The van der Waals surface area contributed by atoms with Gasteiger partial charge in [0.05, 0.1) is 0 Å². The topological polar surface area (TPSA) is 38.3 Å². The van der Waals surface area contributed by atoms with Gasteiger partial charge in [0.15, 0.2) is 0 Å². The third-order valence-electron chi connectivity index (χ3n) is 3.00. The first-order chi connectivity index (χ1) is 9.75. The van der Waals surface area contributed by atoms with Gasteiger partial charge in [-0.25, -0.2) is 0 Å². The summed E-state index contributed by atoms with van der Waals surface area (Å²) in [4.78, 5) is 0. The van der Waals surface area contributed by atoms with E-state index in [1.54, 1.807) is 18.8 Å². The van der Waals surface area contributed by atoms with E-state index in [1.165, 1.54) is 0 Å². The van der Waals surface area contributed by atoms with Crippen molar-refractivity contribution in [2.45, 2.75) is 20.8 Å². The molecule has 5 heteroatoms. The van der Waals surface area contributed by atoms with Gasteiger partial charge in [-0.05, 0) is 61.7 Å². The standard InChI is InChI=1S/C16H19ClNO2P/c1-11-7-12(2)9-15(8-11)20-21(4,19)18-16-10-14(17)6-5-13(16)3/h5-10H,1-4H3,(H,18,19). The molecule has 0 aliphatic rings. The molecule has 0 aliphatic heterocycles. The molecule has 0 heterocycles. The molecule has 0 saturated carbocycles. The van der Waals surface area contributed by atoms with Crippen LogP contribution in [0.15, 0.2) is 36.4 Å². The van der Waals surface area contributed by atoms with Crippen LogP contribution in [-0.2, 0) is 4.57 Å². The van der Waals surface area contributed by atoms with Crippen LogP contribution in [0.5, 0.6) is 5.75 Å². The number of anilines is 1. The Kier molecular flexibility index (Phi) is 4.65. The first kappa shape index (κ1) is 15.9. The SMILES string of the molecule is Cc1cc(C)cc(OP(C)(=O)Nc2cc(Cl)ccc2C)c1. The summed E-state index contributed by atoms with van der Waals surface area (Å²) in [6, 6.07) is 11.2. The molecule has 21 heavy (non-hydrogen) atoms. The Balaban J connectivity index is 2.22. The quantitative estimate of drug-likeness (QED) is 0.746. The van der Waals surface area contributed by atoms with Gasteiger partial charge in [0.25, 0.3) is 0 Å². The summed E-state index contributed by atoms with van der Waals surface area (Å²) < 4.78 is 18.3. The molecule has 0 fully saturated rings. The van der Waals surface area contributed by atoms with E-state index in [4.69, 9.17) is 16.1 Å². The number of rotatable bonds is 4. The van der Waals surface area contributed by atoms with E-state index in [1.807, 2.05) is 45.0 Å². The van der Waals surface area contributed by atoms with E-state index >= 15 is 0 Å². The largest absolute Gasteiger partial charge is 0.429 e. The Bertz CT molecular complexity index is 695. The lowest BCUT2D eigenvalue weighted by Crippen LogP contribution is -2.03. The minimum absolute atomic E-state index is 0.592. The first-order valence-electron chi connectivity index (χ1n) is 6.65. The lowest BCUT2D eigenvalue weighted by atomic mass is 10.1. The smallest absolute Gasteiger partial charge is 0.338 e. The zero-order valence-electron chi connectivity index (χ0n) is 12.6. The molecule has 0 amide bonds. The Labute approximate surface area is 130 Å². The Morgan fingerprint density at radius 1 is 1.05 bits per heavy atom. The van der Waals surface area contributed by atoms with Crippen molar-refractivity contribution in [1.82, 2.24) is 0 Å². The lowest BCUT2D eigenvalue weighted by Gasteiger charge is -2.19. The normalized spacial score (nSPS) is 13.6. The predicted octanol–water partition coefficient (Wildman–Crippen LogP) is 5.58. The van der Waals surface area contributed by atoms with Crippen LogP contribution in [0.4, 0.5) is 5.69 Å². The molecule has 1 unspecified atom stereocenters. The predicted molar refractivity (Wildman–Crippen MR) is 89.9 cm³/mol. The molecule has 2 aromatic carbocycles. The zero-order chi connectivity index (χ0) is 15.6. The molecule has 0 spiro atoms. The summed E-state index contributed by atoms with van der Waals surface area (Å²) in [5, 5.41) is 3.56. The average molecular weight is 324 g/mol. The molecule has 0 saturated heterocycles. The van der Waals surface area contributed by atoms with Crippen LogP contribution in [0.2, 0.25) is 5.02 Å². The molecule has 3 nitrogen and oxygen atoms in total. The summed E-state index contributed by atoms with van der Waals surface area (Å²) in [6.45, 7) is 7.45. The van der Waals surface area contributed by atoms with Crippen molar-refractivity contribution < 1.29 is 9.09 Å². The highest BCUT2D eigenvalue weighted by Gasteiger charge is 2.19. The maximum atomic E-state index is 12.7. The Hall–Kier alpha value is -1.44. The fourth-order valence-electron chi connectivity index (χ4n) is 2.14. The van der Waals surface area contributed by atoms with Crippen LogP contribution in [0.3, 0.4) is 0 Å². The van der Waals surface area contributed by atoms with Crippen molar-refractivity contribution in [1.29, 1.82) is 0 Å². The monoisotopic (exact) mass is 323 g/mol. The molecular formula is C16H19ClNO2P. The molecule has 2 rings (SSSR count). The molecule has 1 atom stereocenters. The van der Waals surface area contributed by atoms with Gasteiger partial charge in [-0.3, -0.25) is 4.57 Å². The molecular weight excluding hydrogens is 305 g/mol. The number of halogens is 1. The number of hydrogen-bond acceptors (Lipinski definition) is 2. The highest BCUT2D eigenvalue weighted by Crippen LogP contribution is 2.44. The van der Waals surface area contributed by atoms with Crippen molar-refractivity contribution in [3.05, 3.63) is 58.1 Å². The van der Waals surface area contributed by atoms with Gasteiger partial charge in [-0.1, -0.05) is 23.7 Å². The number of aryl methyl sites for hydroxylation is 3. The molecule has 0 aliphatic carbocycles.